The van der Waals surface area contributed by atoms with Crippen LogP contribution in [0.15, 0.2) is 41.8 Å². The second-order valence-electron chi connectivity index (χ2n) is 5.96. The maximum atomic E-state index is 11.2. The Kier molecular flexibility index (Phi) is 3.90. The predicted molar refractivity (Wildman–Crippen MR) is 95.4 cm³/mol. The Hall–Kier alpha value is -2.47. The summed E-state index contributed by atoms with van der Waals surface area (Å²) < 4.78 is 0. The molecule has 0 amide bonds. The van der Waals surface area contributed by atoms with E-state index in [1.54, 1.807) is 11.3 Å². The molecular weight excluding hydrogens is 322 g/mol. The van der Waals surface area contributed by atoms with E-state index in [9.17, 15) is 9.90 Å². The molecule has 122 valence electrons. The monoisotopic (exact) mass is 339 g/mol. The summed E-state index contributed by atoms with van der Waals surface area (Å²) in [5.74, 6) is 0.708. The fraction of sp³-hybridized carbons (Fsp3) is 0.278. The lowest BCUT2D eigenvalue weighted by atomic mass is 9.97. The van der Waals surface area contributed by atoms with Gasteiger partial charge in [-0.15, -0.1) is 11.3 Å². The largest absolute Gasteiger partial charge is 0.481 e. The van der Waals surface area contributed by atoms with Gasteiger partial charge in [-0.3, -0.25) is 4.79 Å². The number of carboxylic acid groups (broad SMARTS) is 1. The number of nitrogens with zero attached hydrogens (tertiary/aromatic N) is 3. The van der Waals surface area contributed by atoms with Crippen LogP contribution in [-0.2, 0) is 4.79 Å². The van der Waals surface area contributed by atoms with Crippen molar-refractivity contribution >= 4 is 34.0 Å². The van der Waals surface area contributed by atoms with Gasteiger partial charge in [-0.2, -0.15) is 0 Å². The summed E-state index contributed by atoms with van der Waals surface area (Å²) in [5.41, 5.74) is 0.922. The minimum absolute atomic E-state index is 0.244. The topological polar surface area (TPSA) is 66.3 Å². The van der Waals surface area contributed by atoms with Crippen LogP contribution in [0.3, 0.4) is 0 Å². The van der Waals surface area contributed by atoms with E-state index in [2.05, 4.69) is 4.90 Å². The van der Waals surface area contributed by atoms with Crippen molar-refractivity contribution in [3.63, 3.8) is 0 Å². The van der Waals surface area contributed by atoms with Crippen LogP contribution < -0.4 is 4.90 Å². The smallest absolute Gasteiger partial charge is 0.306 e. The fourth-order valence-corrected chi connectivity index (χ4v) is 3.81. The summed E-state index contributed by atoms with van der Waals surface area (Å²) >= 11 is 1.62. The van der Waals surface area contributed by atoms with Crippen molar-refractivity contribution in [2.75, 3.05) is 18.0 Å². The molecule has 0 atom stereocenters. The van der Waals surface area contributed by atoms with Gasteiger partial charge in [0.25, 0.3) is 0 Å². The van der Waals surface area contributed by atoms with E-state index >= 15 is 0 Å². The van der Waals surface area contributed by atoms with Gasteiger partial charge < -0.3 is 10.0 Å². The number of aromatic nitrogens is 2. The molecule has 0 radical (unpaired) electrons. The van der Waals surface area contributed by atoms with E-state index in [1.807, 2.05) is 41.8 Å². The van der Waals surface area contributed by atoms with Crippen LogP contribution >= 0.6 is 11.3 Å². The highest BCUT2D eigenvalue weighted by Crippen LogP contribution is 2.31. The molecule has 0 spiro atoms. The highest BCUT2D eigenvalue weighted by atomic mass is 32.1. The zero-order chi connectivity index (χ0) is 16.5. The summed E-state index contributed by atoms with van der Waals surface area (Å²) in [6.07, 6.45) is 1.31. The Labute approximate surface area is 143 Å². The number of rotatable bonds is 3. The molecule has 5 nitrogen and oxygen atoms in total. The molecule has 1 aliphatic rings. The van der Waals surface area contributed by atoms with Gasteiger partial charge in [-0.25, -0.2) is 9.97 Å². The van der Waals surface area contributed by atoms with Gasteiger partial charge in [0, 0.05) is 18.5 Å². The van der Waals surface area contributed by atoms with Crippen molar-refractivity contribution in [3.8, 4) is 10.7 Å². The van der Waals surface area contributed by atoms with Crippen molar-refractivity contribution in [1.82, 2.24) is 9.97 Å². The molecule has 3 aromatic rings. The third kappa shape index (κ3) is 2.73. The molecule has 24 heavy (non-hydrogen) atoms. The molecule has 1 N–H and O–H groups in total. The Morgan fingerprint density at radius 2 is 1.92 bits per heavy atom. The number of hydrogen-bond acceptors (Lipinski definition) is 5. The maximum absolute atomic E-state index is 11.2. The molecule has 2 aromatic heterocycles. The lowest BCUT2D eigenvalue weighted by Gasteiger charge is -2.31. The highest BCUT2D eigenvalue weighted by Gasteiger charge is 2.26. The molecule has 3 heterocycles. The van der Waals surface area contributed by atoms with Crippen molar-refractivity contribution in [1.29, 1.82) is 0 Å². The molecule has 1 aliphatic heterocycles. The number of anilines is 1. The van der Waals surface area contributed by atoms with Gasteiger partial charge in [-0.05, 0) is 36.4 Å². The van der Waals surface area contributed by atoms with Crippen LogP contribution in [0.2, 0.25) is 0 Å². The minimum atomic E-state index is -0.693. The van der Waals surface area contributed by atoms with E-state index in [1.165, 1.54) is 0 Å². The van der Waals surface area contributed by atoms with E-state index in [0.717, 1.165) is 27.4 Å². The van der Waals surface area contributed by atoms with Crippen LogP contribution in [0.25, 0.3) is 21.6 Å². The lowest BCUT2D eigenvalue weighted by Crippen LogP contribution is -2.37. The number of piperidine rings is 1. The first kappa shape index (κ1) is 15.1. The average Bonchev–Trinajstić information content (AvgIpc) is 3.15. The second kappa shape index (κ2) is 6.20. The molecule has 0 saturated carbocycles. The summed E-state index contributed by atoms with van der Waals surface area (Å²) in [6.45, 7) is 1.42. The molecule has 1 saturated heterocycles. The van der Waals surface area contributed by atoms with Crippen molar-refractivity contribution in [2.45, 2.75) is 12.8 Å². The number of carboxylic acids is 1. The number of carbonyl (C=O) groups is 1. The third-order valence-electron chi connectivity index (χ3n) is 4.47. The number of benzene rings is 1. The highest BCUT2D eigenvalue weighted by molar-refractivity contribution is 7.13. The molecule has 0 bridgehead atoms. The van der Waals surface area contributed by atoms with Gasteiger partial charge in [0.15, 0.2) is 5.82 Å². The molecule has 1 aromatic carbocycles. The first-order valence-corrected chi connectivity index (χ1v) is 8.89. The molecule has 1 fully saturated rings. The SMILES string of the molecule is O=C(O)C1CCN(c2nc(-c3cccs3)nc3ccccc23)CC1. The molecule has 0 unspecified atom stereocenters. The Balaban J connectivity index is 1.75. The standard InChI is InChI=1S/C18H17N3O2S/c22-18(23)12-7-9-21(10-8-12)17-13-4-1-2-5-14(13)19-16(20-17)15-6-3-11-24-15/h1-6,11-12H,7-10H2,(H,22,23). The molecule has 4 rings (SSSR count). The van der Waals surface area contributed by atoms with E-state index in [0.29, 0.717) is 25.9 Å². The van der Waals surface area contributed by atoms with Crippen LogP contribution in [0.1, 0.15) is 12.8 Å². The van der Waals surface area contributed by atoms with Crippen LogP contribution in [-0.4, -0.2) is 34.1 Å². The minimum Gasteiger partial charge on any atom is -0.481 e. The van der Waals surface area contributed by atoms with Crippen LogP contribution in [0, 0.1) is 5.92 Å². The number of fused-ring (bicyclic) bond motifs is 1. The zero-order valence-corrected chi connectivity index (χ0v) is 13.9. The van der Waals surface area contributed by atoms with Crippen LogP contribution in [0.4, 0.5) is 5.82 Å². The fourth-order valence-electron chi connectivity index (χ4n) is 3.16. The summed E-state index contributed by atoms with van der Waals surface area (Å²) in [7, 11) is 0. The van der Waals surface area contributed by atoms with E-state index < -0.39 is 5.97 Å². The van der Waals surface area contributed by atoms with E-state index in [-0.39, 0.29) is 5.92 Å². The van der Waals surface area contributed by atoms with E-state index in [4.69, 9.17) is 9.97 Å². The number of aliphatic carboxylic acids is 1. The predicted octanol–water partition coefficient (Wildman–Crippen LogP) is 3.66. The molecule has 6 heteroatoms. The average molecular weight is 339 g/mol. The quantitative estimate of drug-likeness (QED) is 0.789. The van der Waals surface area contributed by atoms with Gasteiger partial charge in [0.05, 0.1) is 16.3 Å². The summed E-state index contributed by atoms with van der Waals surface area (Å²) in [6, 6.07) is 12.0. The first-order valence-electron chi connectivity index (χ1n) is 8.01. The normalized spacial score (nSPS) is 15.8. The van der Waals surface area contributed by atoms with Gasteiger partial charge >= 0.3 is 5.97 Å². The number of thiophene rings is 1. The zero-order valence-electron chi connectivity index (χ0n) is 13.1. The van der Waals surface area contributed by atoms with Crippen molar-refractivity contribution in [3.05, 3.63) is 41.8 Å². The van der Waals surface area contributed by atoms with Crippen LogP contribution in [0.5, 0.6) is 0 Å². The first-order chi connectivity index (χ1) is 11.7. The van der Waals surface area contributed by atoms with Gasteiger partial charge in [-0.1, -0.05) is 18.2 Å². The Morgan fingerprint density at radius 3 is 2.62 bits per heavy atom. The van der Waals surface area contributed by atoms with Crippen molar-refractivity contribution in [2.24, 2.45) is 5.92 Å². The molecule has 0 aliphatic carbocycles. The maximum Gasteiger partial charge on any atom is 0.306 e. The Morgan fingerprint density at radius 1 is 1.12 bits per heavy atom. The molecular formula is C18H17N3O2S. The number of para-hydroxylation sites is 1. The second-order valence-corrected chi connectivity index (χ2v) is 6.91. The lowest BCUT2D eigenvalue weighted by molar-refractivity contribution is -0.142. The van der Waals surface area contributed by atoms with Gasteiger partial charge in [0.2, 0.25) is 0 Å². The Bertz CT molecular complexity index is 871. The third-order valence-corrected chi connectivity index (χ3v) is 5.33. The van der Waals surface area contributed by atoms with Crippen molar-refractivity contribution < 1.29 is 9.90 Å². The summed E-state index contributed by atoms with van der Waals surface area (Å²) in [4.78, 5) is 23.9. The summed E-state index contributed by atoms with van der Waals surface area (Å²) in [5, 5.41) is 12.2. The van der Waals surface area contributed by atoms with Gasteiger partial charge in [0.1, 0.15) is 5.82 Å². The number of hydrogen-bond donors (Lipinski definition) is 1.